The Labute approximate surface area is 245 Å². The van der Waals surface area contributed by atoms with Gasteiger partial charge in [0.1, 0.15) is 11.5 Å². The first kappa shape index (κ1) is 27.0. The number of benzene rings is 5. The second kappa shape index (κ2) is 11.0. The van der Waals surface area contributed by atoms with Gasteiger partial charge >= 0.3 is 5.97 Å². The number of cyclic esters (lactones) is 1. The molecule has 5 aromatic rings. The Kier molecular flexibility index (Phi) is 7.05. The van der Waals surface area contributed by atoms with Crippen molar-refractivity contribution in [3.05, 3.63) is 143 Å². The molecule has 0 aromatic heterocycles. The summed E-state index contributed by atoms with van der Waals surface area (Å²) in [5, 5.41) is 15.1. The van der Waals surface area contributed by atoms with E-state index < -0.39 is 11.6 Å². The summed E-state index contributed by atoms with van der Waals surface area (Å²) in [4.78, 5) is 15.5. The lowest BCUT2D eigenvalue weighted by molar-refractivity contribution is 0.0239. The normalized spacial score (nSPS) is 15.5. The summed E-state index contributed by atoms with van der Waals surface area (Å²) in [6.07, 6.45) is 0. The van der Waals surface area contributed by atoms with Gasteiger partial charge in [-0.15, -0.1) is 0 Å². The van der Waals surface area contributed by atoms with Gasteiger partial charge in [-0.25, -0.2) is 4.79 Å². The molecular weight excluding hydrogens is 524 g/mol. The van der Waals surface area contributed by atoms with E-state index in [0.717, 1.165) is 22.7 Å². The number of rotatable bonds is 8. The summed E-state index contributed by atoms with van der Waals surface area (Å²) in [7, 11) is 1.59. The number of aryl methyl sites for hydroxylation is 1. The standard InChI is InChI=1S/C36H32N2O4/c1-4-38(27-17-14-24(2)15-18-27)28-19-20-31(33(39)23-28)36(30-13-9-8-12-29(30)35(40)42-36)32-22-26(16-21-34(32)41-3)37-25-10-6-5-7-11-25/h5-23,37,39H,4H2,1-3H3. The van der Waals surface area contributed by atoms with Crippen LogP contribution in [0.4, 0.5) is 22.7 Å². The third kappa shape index (κ3) is 4.61. The average molecular weight is 557 g/mol. The molecule has 0 bridgehead atoms. The van der Waals surface area contributed by atoms with Gasteiger partial charge in [-0.2, -0.15) is 0 Å². The van der Waals surface area contributed by atoms with Gasteiger partial charge in [0.05, 0.1) is 12.7 Å². The number of nitrogens with one attached hydrogen (secondary N) is 1. The highest BCUT2D eigenvalue weighted by molar-refractivity contribution is 5.97. The molecule has 6 heteroatoms. The first-order valence-corrected chi connectivity index (χ1v) is 14.0. The van der Waals surface area contributed by atoms with E-state index in [0.29, 0.717) is 34.5 Å². The van der Waals surface area contributed by atoms with Crippen molar-refractivity contribution in [3.63, 3.8) is 0 Å². The summed E-state index contributed by atoms with van der Waals surface area (Å²) < 4.78 is 12.2. The molecule has 0 fully saturated rings. The number of carbonyl (C=O) groups is 1. The quantitative estimate of drug-likeness (QED) is 0.188. The maximum absolute atomic E-state index is 13.4. The molecule has 0 saturated carbocycles. The lowest BCUT2D eigenvalue weighted by Crippen LogP contribution is -2.30. The van der Waals surface area contributed by atoms with Crippen molar-refractivity contribution in [1.29, 1.82) is 0 Å². The molecule has 6 nitrogen and oxygen atoms in total. The van der Waals surface area contributed by atoms with Crippen LogP contribution in [0.1, 0.15) is 39.5 Å². The molecule has 1 aliphatic rings. The molecule has 0 amide bonds. The first-order valence-electron chi connectivity index (χ1n) is 14.0. The van der Waals surface area contributed by atoms with E-state index in [1.54, 1.807) is 19.2 Å². The Morgan fingerprint density at radius 3 is 2.21 bits per heavy atom. The van der Waals surface area contributed by atoms with Crippen LogP contribution in [-0.4, -0.2) is 24.7 Å². The molecule has 0 aliphatic carbocycles. The average Bonchev–Trinajstić information content (AvgIpc) is 3.32. The highest BCUT2D eigenvalue weighted by Gasteiger charge is 2.51. The van der Waals surface area contributed by atoms with E-state index in [-0.39, 0.29) is 5.75 Å². The van der Waals surface area contributed by atoms with E-state index >= 15 is 0 Å². The third-order valence-corrected chi connectivity index (χ3v) is 7.75. The zero-order valence-electron chi connectivity index (χ0n) is 23.8. The largest absolute Gasteiger partial charge is 0.507 e. The molecule has 1 atom stereocenters. The number of esters is 1. The van der Waals surface area contributed by atoms with Crippen molar-refractivity contribution in [3.8, 4) is 11.5 Å². The first-order chi connectivity index (χ1) is 20.4. The van der Waals surface area contributed by atoms with Crippen LogP contribution in [0.2, 0.25) is 0 Å². The van der Waals surface area contributed by atoms with Gasteiger partial charge < -0.3 is 24.8 Å². The highest BCUT2D eigenvalue weighted by Crippen LogP contribution is 2.53. The predicted octanol–water partition coefficient (Wildman–Crippen LogP) is 8.07. The Morgan fingerprint density at radius 1 is 0.786 bits per heavy atom. The molecule has 1 heterocycles. The van der Waals surface area contributed by atoms with Crippen LogP contribution in [0.5, 0.6) is 11.5 Å². The Morgan fingerprint density at radius 2 is 1.50 bits per heavy atom. The summed E-state index contributed by atoms with van der Waals surface area (Å²) >= 11 is 0. The molecule has 1 unspecified atom stereocenters. The lowest BCUT2D eigenvalue weighted by Gasteiger charge is -2.33. The third-order valence-electron chi connectivity index (χ3n) is 7.75. The van der Waals surface area contributed by atoms with Gasteiger partial charge in [-0.05, 0) is 74.5 Å². The number of phenols is 1. The van der Waals surface area contributed by atoms with Crippen molar-refractivity contribution in [2.75, 3.05) is 23.9 Å². The smallest absolute Gasteiger partial charge is 0.340 e. The van der Waals surface area contributed by atoms with Gasteiger partial charge in [-0.3, -0.25) is 0 Å². The van der Waals surface area contributed by atoms with Crippen molar-refractivity contribution in [2.45, 2.75) is 19.4 Å². The molecule has 0 spiro atoms. The van der Waals surface area contributed by atoms with E-state index in [9.17, 15) is 9.90 Å². The van der Waals surface area contributed by atoms with Crippen LogP contribution >= 0.6 is 0 Å². The van der Waals surface area contributed by atoms with Crippen LogP contribution in [0.25, 0.3) is 0 Å². The molecule has 6 rings (SSSR count). The lowest BCUT2D eigenvalue weighted by atomic mass is 9.78. The number of ether oxygens (including phenoxy) is 2. The van der Waals surface area contributed by atoms with E-state index in [1.807, 2.05) is 78.9 Å². The SMILES string of the molecule is CCN(c1ccc(C)cc1)c1ccc(C2(c3cc(Nc4ccccc4)ccc3OC)OC(=O)c3ccccc32)c(O)c1. The second-order valence-electron chi connectivity index (χ2n) is 10.3. The fourth-order valence-electron chi connectivity index (χ4n) is 5.74. The Hall–Kier alpha value is -5.23. The molecule has 210 valence electrons. The minimum Gasteiger partial charge on any atom is -0.507 e. The number of nitrogens with zero attached hydrogens (tertiary/aromatic N) is 1. The monoisotopic (exact) mass is 556 g/mol. The van der Waals surface area contributed by atoms with E-state index in [2.05, 4.69) is 48.3 Å². The maximum Gasteiger partial charge on any atom is 0.340 e. The molecule has 0 saturated heterocycles. The fraction of sp³-hybridized carbons (Fsp3) is 0.139. The summed E-state index contributed by atoms with van der Waals surface area (Å²) in [6.45, 7) is 4.82. The molecule has 42 heavy (non-hydrogen) atoms. The minimum atomic E-state index is -1.45. The molecule has 1 aliphatic heterocycles. The summed E-state index contributed by atoms with van der Waals surface area (Å²) in [5.74, 6) is 0.0647. The van der Waals surface area contributed by atoms with Crippen molar-refractivity contribution in [2.24, 2.45) is 0 Å². The number of hydrogen-bond donors (Lipinski definition) is 2. The van der Waals surface area contributed by atoms with Crippen molar-refractivity contribution >= 4 is 28.7 Å². The summed E-state index contributed by atoms with van der Waals surface area (Å²) in [5.41, 5.74) is 5.38. The molecular formula is C36H32N2O4. The number of para-hydroxylation sites is 1. The number of anilines is 4. The Balaban J connectivity index is 1.53. The zero-order chi connectivity index (χ0) is 29.3. The highest BCUT2D eigenvalue weighted by atomic mass is 16.6. The van der Waals surface area contributed by atoms with Crippen LogP contribution in [0.3, 0.4) is 0 Å². The van der Waals surface area contributed by atoms with Gasteiger partial charge in [0.15, 0.2) is 5.60 Å². The van der Waals surface area contributed by atoms with Crippen LogP contribution in [0, 0.1) is 6.92 Å². The molecule has 2 N–H and O–H groups in total. The minimum absolute atomic E-state index is 0.00559. The summed E-state index contributed by atoms with van der Waals surface area (Å²) in [6, 6.07) is 36.6. The molecule has 5 aromatic carbocycles. The van der Waals surface area contributed by atoms with Gasteiger partial charge in [0.2, 0.25) is 0 Å². The number of aromatic hydroxyl groups is 1. The van der Waals surface area contributed by atoms with Crippen molar-refractivity contribution in [1.82, 2.24) is 0 Å². The van der Waals surface area contributed by atoms with Crippen molar-refractivity contribution < 1.29 is 19.4 Å². The maximum atomic E-state index is 13.4. The van der Waals surface area contributed by atoms with Gasteiger partial charge in [0.25, 0.3) is 0 Å². The molecule has 0 radical (unpaired) electrons. The van der Waals surface area contributed by atoms with Crippen LogP contribution in [-0.2, 0) is 10.3 Å². The van der Waals surface area contributed by atoms with Crippen LogP contribution in [0.15, 0.2) is 115 Å². The number of hydrogen-bond acceptors (Lipinski definition) is 6. The topological polar surface area (TPSA) is 71.0 Å². The fourth-order valence-corrected chi connectivity index (χ4v) is 5.74. The predicted molar refractivity (Wildman–Crippen MR) is 166 cm³/mol. The zero-order valence-corrected chi connectivity index (χ0v) is 23.8. The Bertz CT molecular complexity index is 1750. The van der Waals surface area contributed by atoms with Gasteiger partial charge in [0, 0.05) is 52.1 Å². The second-order valence-corrected chi connectivity index (χ2v) is 10.3. The van der Waals surface area contributed by atoms with E-state index in [4.69, 9.17) is 9.47 Å². The number of phenolic OH excluding ortho intramolecular Hbond substituents is 1. The number of methoxy groups -OCH3 is 1. The van der Waals surface area contributed by atoms with Gasteiger partial charge in [-0.1, -0.05) is 54.1 Å². The number of fused-ring (bicyclic) bond motifs is 1. The van der Waals surface area contributed by atoms with Crippen LogP contribution < -0.4 is 15.0 Å². The number of carbonyl (C=O) groups excluding carboxylic acids is 1. The van der Waals surface area contributed by atoms with E-state index in [1.165, 1.54) is 5.56 Å².